The first-order chi connectivity index (χ1) is 9.40. The van der Waals surface area contributed by atoms with Crippen molar-refractivity contribution in [2.24, 2.45) is 5.84 Å². The monoisotopic (exact) mass is 302 g/mol. The van der Waals surface area contributed by atoms with Gasteiger partial charge in [0.2, 0.25) is 0 Å². The van der Waals surface area contributed by atoms with Crippen LogP contribution in [0.3, 0.4) is 0 Å². The van der Waals surface area contributed by atoms with Crippen LogP contribution in [0, 0.1) is 0 Å². The summed E-state index contributed by atoms with van der Waals surface area (Å²) in [6.45, 7) is 0. The number of benzene rings is 1. The summed E-state index contributed by atoms with van der Waals surface area (Å²) >= 11 is 5.83. The maximum atomic E-state index is 12.5. The fraction of sp³-hybridized carbons (Fsp3) is 0.0833. The van der Waals surface area contributed by atoms with Gasteiger partial charge in [-0.3, -0.25) is 0 Å². The van der Waals surface area contributed by atoms with Crippen molar-refractivity contribution in [2.75, 3.05) is 10.7 Å². The number of alkyl halides is 3. The Hall–Kier alpha value is -1.99. The maximum absolute atomic E-state index is 12.5. The number of rotatable bonds is 3. The first kappa shape index (κ1) is 14.4. The molecule has 0 radical (unpaired) electrons. The molecule has 20 heavy (non-hydrogen) atoms. The highest BCUT2D eigenvalue weighted by Gasteiger charge is 2.30. The van der Waals surface area contributed by atoms with Crippen LogP contribution in [-0.2, 0) is 6.18 Å². The molecular weight excluding hydrogens is 293 g/mol. The summed E-state index contributed by atoms with van der Waals surface area (Å²) in [5.74, 6) is 6.04. The molecule has 0 saturated carbocycles. The summed E-state index contributed by atoms with van der Waals surface area (Å²) < 4.78 is 37.5. The van der Waals surface area contributed by atoms with Crippen LogP contribution in [0.5, 0.6) is 0 Å². The molecule has 0 amide bonds. The third-order valence-corrected chi connectivity index (χ3v) is 2.77. The zero-order chi connectivity index (χ0) is 14.8. The van der Waals surface area contributed by atoms with Gasteiger partial charge in [0.25, 0.3) is 0 Å². The van der Waals surface area contributed by atoms with Crippen molar-refractivity contribution in [3.63, 3.8) is 0 Å². The van der Waals surface area contributed by atoms with Crippen LogP contribution in [0.15, 0.2) is 36.4 Å². The molecule has 0 unspecified atom stereocenters. The summed E-state index contributed by atoms with van der Waals surface area (Å²) in [6.07, 6.45) is -4.43. The van der Waals surface area contributed by atoms with Gasteiger partial charge in [0, 0.05) is 0 Å². The molecule has 0 fully saturated rings. The number of hydrazine groups is 1. The Morgan fingerprint density at radius 1 is 1.10 bits per heavy atom. The lowest BCUT2D eigenvalue weighted by Gasteiger charge is -2.11. The lowest BCUT2D eigenvalue weighted by Crippen LogP contribution is -2.09. The highest BCUT2D eigenvalue weighted by Crippen LogP contribution is 2.34. The summed E-state index contributed by atoms with van der Waals surface area (Å²) in [7, 11) is 0. The van der Waals surface area contributed by atoms with Gasteiger partial charge < -0.3 is 10.7 Å². The van der Waals surface area contributed by atoms with E-state index in [1.54, 1.807) is 18.2 Å². The molecule has 1 heterocycles. The van der Waals surface area contributed by atoms with Crippen LogP contribution in [-0.4, -0.2) is 4.98 Å². The van der Waals surface area contributed by atoms with E-state index in [9.17, 15) is 13.2 Å². The van der Waals surface area contributed by atoms with Gasteiger partial charge in [-0.25, -0.2) is 10.8 Å². The molecule has 0 aliphatic rings. The second kappa shape index (κ2) is 5.56. The molecule has 0 aliphatic carbocycles. The van der Waals surface area contributed by atoms with Crippen LogP contribution in [0.25, 0.3) is 0 Å². The summed E-state index contributed by atoms with van der Waals surface area (Å²) in [4.78, 5) is 4.07. The summed E-state index contributed by atoms with van der Waals surface area (Å²) in [6, 6.07) is 8.00. The van der Waals surface area contributed by atoms with Gasteiger partial charge in [-0.15, -0.1) is 0 Å². The van der Waals surface area contributed by atoms with Gasteiger partial charge in [-0.05, 0) is 30.3 Å². The molecule has 0 aliphatic heterocycles. The Morgan fingerprint density at radius 3 is 2.40 bits per heavy atom. The minimum absolute atomic E-state index is 0.0484. The van der Waals surface area contributed by atoms with Crippen molar-refractivity contribution in [1.29, 1.82) is 0 Å². The van der Waals surface area contributed by atoms with Crippen LogP contribution >= 0.6 is 11.6 Å². The fourth-order valence-corrected chi connectivity index (χ4v) is 1.74. The standard InChI is InChI=1S/C12H10ClF3N4/c13-8-6-7(12(14,15)16)4-5-9(8)18-10-2-1-3-11(19-10)20-17/h1-6H,17H2,(H2,18,19,20). The molecule has 1 aromatic heterocycles. The minimum Gasteiger partial charge on any atom is -0.339 e. The average molecular weight is 303 g/mol. The Kier molecular flexibility index (Phi) is 4.01. The van der Waals surface area contributed by atoms with Crippen molar-refractivity contribution in [3.05, 3.63) is 47.0 Å². The molecule has 0 spiro atoms. The summed E-state index contributed by atoms with van der Waals surface area (Å²) in [5, 5.41) is 2.77. The molecule has 2 rings (SSSR count). The molecule has 4 N–H and O–H groups in total. The molecule has 2 aromatic rings. The van der Waals surface area contributed by atoms with E-state index in [1.807, 2.05) is 0 Å². The van der Waals surface area contributed by atoms with E-state index in [4.69, 9.17) is 17.4 Å². The van der Waals surface area contributed by atoms with Crippen LogP contribution in [0.1, 0.15) is 5.56 Å². The van der Waals surface area contributed by atoms with E-state index in [0.717, 1.165) is 12.1 Å². The number of anilines is 3. The molecule has 1 aromatic carbocycles. The topological polar surface area (TPSA) is 63.0 Å². The number of hydrogen-bond donors (Lipinski definition) is 3. The number of halogens is 4. The van der Waals surface area contributed by atoms with Crippen molar-refractivity contribution >= 4 is 28.9 Å². The largest absolute Gasteiger partial charge is 0.416 e. The number of pyridine rings is 1. The normalized spacial score (nSPS) is 11.2. The number of nitrogens with two attached hydrogens (primary N) is 1. The first-order valence-electron chi connectivity index (χ1n) is 5.47. The predicted molar refractivity (Wildman–Crippen MR) is 71.8 cm³/mol. The number of hydrogen-bond acceptors (Lipinski definition) is 4. The van der Waals surface area contributed by atoms with E-state index < -0.39 is 11.7 Å². The summed E-state index contributed by atoms with van der Waals surface area (Å²) in [5.41, 5.74) is 1.88. The van der Waals surface area contributed by atoms with E-state index >= 15 is 0 Å². The second-order valence-electron chi connectivity index (χ2n) is 3.87. The zero-order valence-corrected chi connectivity index (χ0v) is 10.8. The Balaban J connectivity index is 2.25. The van der Waals surface area contributed by atoms with Crippen molar-refractivity contribution < 1.29 is 13.2 Å². The zero-order valence-electron chi connectivity index (χ0n) is 10.0. The van der Waals surface area contributed by atoms with E-state index in [-0.39, 0.29) is 5.02 Å². The minimum atomic E-state index is -4.43. The van der Waals surface area contributed by atoms with Gasteiger partial charge in [0.1, 0.15) is 11.6 Å². The van der Waals surface area contributed by atoms with Crippen molar-refractivity contribution in [2.45, 2.75) is 6.18 Å². The average Bonchev–Trinajstić information content (AvgIpc) is 2.40. The Bertz CT molecular complexity index is 616. The van der Waals surface area contributed by atoms with Crippen molar-refractivity contribution in [1.82, 2.24) is 4.98 Å². The van der Waals surface area contributed by atoms with E-state index in [0.29, 0.717) is 17.3 Å². The lowest BCUT2D eigenvalue weighted by atomic mass is 10.2. The number of nitrogens with one attached hydrogen (secondary N) is 2. The molecule has 0 saturated heterocycles. The van der Waals surface area contributed by atoms with Gasteiger partial charge in [0.05, 0.1) is 16.3 Å². The predicted octanol–water partition coefficient (Wildman–Crippen LogP) is 3.78. The van der Waals surface area contributed by atoms with Crippen LogP contribution < -0.4 is 16.6 Å². The number of nitrogens with zero attached hydrogens (tertiary/aromatic N) is 1. The SMILES string of the molecule is NNc1cccc(Nc2ccc(C(F)(F)F)cc2Cl)n1. The number of nitrogen functional groups attached to an aromatic ring is 1. The third-order valence-electron chi connectivity index (χ3n) is 2.46. The maximum Gasteiger partial charge on any atom is 0.416 e. The highest BCUT2D eigenvalue weighted by atomic mass is 35.5. The molecule has 0 atom stereocenters. The molecule has 0 bridgehead atoms. The molecular formula is C12H10ClF3N4. The number of aromatic nitrogens is 1. The quantitative estimate of drug-likeness (QED) is 0.596. The van der Waals surface area contributed by atoms with Gasteiger partial charge in [-0.2, -0.15) is 13.2 Å². The Morgan fingerprint density at radius 2 is 1.80 bits per heavy atom. The molecule has 106 valence electrons. The fourth-order valence-electron chi connectivity index (χ4n) is 1.52. The van der Waals surface area contributed by atoms with Crippen LogP contribution in [0.4, 0.5) is 30.5 Å². The first-order valence-corrected chi connectivity index (χ1v) is 5.85. The smallest absolute Gasteiger partial charge is 0.339 e. The van der Waals surface area contributed by atoms with Crippen LogP contribution in [0.2, 0.25) is 5.02 Å². The van der Waals surface area contributed by atoms with Gasteiger partial charge in [0.15, 0.2) is 0 Å². The molecule has 8 heteroatoms. The lowest BCUT2D eigenvalue weighted by molar-refractivity contribution is -0.137. The van der Waals surface area contributed by atoms with Gasteiger partial charge in [-0.1, -0.05) is 17.7 Å². The third kappa shape index (κ3) is 3.31. The molecule has 4 nitrogen and oxygen atoms in total. The van der Waals surface area contributed by atoms with E-state index in [2.05, 4.69) is 15.7 Å². The second-order valence-corrected chi connectivity index (χ2v) is 4.28. The Labute approximate surface area is 117 Å². The van der Waals surface area contributed by atoms with E-state index in [1.165, 1.54) is 6.07 Å². The highest BCUT2D eigenvalue weighted by molar-refractivity contribution is 6.33. The van der Waals surface area contributed by atoms with Gasteiger partial charge >= 0.3 is 6.18 Å². The van der Waals surface area contributed by atoms with Crippen molar-refractivity contribution in [3.8, 4) is 0 Å².